The Morgan fingerprint density at radius 2 is 1.69 bits per heavy atom. The van der Waals surface area contributed by atoms with Crippen LogP contribution in [0.3, 0.4) is 0 Å². The van der Waals surface area contributed by atoms with Crippen LogP contribution in [0.4, 0.5) is 5.69 Å². The van der Waals surface area contributed by atoms with Gasteiger partial charge in [0.05, 0.1) is 4.92 Å². The summed E-state index contributed by atoms with van der Waals surface area (Å²) in [6.45, 7) is 0. The third kappa shape index (κ3) is 5.41. The van der Waals surface area contributed by atoms with Crippen molar-refractivity contribution >= 4 is 30.1 Å². The molecule has 3 radical (unpaired) electrons. The summed E-state index contributed by atoms with van der Waals surface area (Å²) >= 11 is 0. The molecule has 0 saturated heterocycles. The van der Waals surface area contributed by atoms with Gasteiger partial charge in [-0.2, -0.15) is 0 Å². The molecule has 0 fully saturated rings. The topological polar surface area (TPSA) is 125 Å². The first-order chi connectivity index (χ1) is 4.70. The fraction of sp³-hybridized carbons (Fsp3) is 0. The van der Waals surface area contributed by atoms with Crippen molar-refractivity contribution in [1.82, 2.24) is 0 Å². The van der Waals surface area contributed by atoms with Gasteiger partial charge in [0.25, 0.3) is 5.69 Å². The standard InChI is InChI=1S/C6H5NO3.2H2O.Sb.H2/c8-6-3-1-5(2-4-6)7(9)10;;;;/h1-4,8H;2*1H2;;1H/p-1. The predicted molar refractivity (Wildman–Crippen MR) is 48.2 cm³/mol. The average molecular weight is 298 g/mol. The van der Waals surface area contributed by atoms with Crippen LogP contribution in [0.25, 0.3) is 0 Å². The number of phenols is 1. The average Bonchev–Trinajstić information content (AvgIpc) is 1.88. The van der Waals surface area contributed by atoms with E-state index in [0.717, 1.165) is 0 Å². The predicted octanol–water partition coefficient (Wildman–Crippen LogP) is 0.164. The van der Waals surface area contributed by atoms with E-state index in [1.54, 1.807) is 0 Å². The van der Waals surface area contributed by atoms with Crippen molar-refractivity contribution in [3.63, 3.8) is 0 Å². The smallest absolute Gasteiger partial charge is 0.269 e. The van der Waals surface area contributed by atoms with Crippen LogP contribution in [0.5, 0.6) is 5.75 Å². The Morgan fingerprint density at radius 1 is 1.31 bits per heavy atom. The van der Waals surface area contributed by atoms with Gasteiger partial charge in [-0.05, 0) is 12.1 Å². The van der Waals surface area contributed by atoms with E-state index in [2.05, 4.69) is 0 Å². The van der Waals surface area contributed by atoms with Crippen LogP contribution in [0.2, 0.25) is 0 Å². The van der Waals surface area contributed by atoms with E-state index in [9.17, 15) is 10.1 Å². The summed E-state index contributed by atoms with van der Waals surface area (Å²) in [6, 6.07) is 5.04. The zero-order valence-electron chi connectivity index (χ0n) is 6.41. The number of hydrogen-bond acceptors (Lipinski definition) is 4. The normalized spacial score (nSPS) is 7.08. The number of phenolic OH excluding ortho intramolecular Hbond substituents is 1. The number of aromatic hydroxyl groups is 1. The molecular formula is C6H10NO5Sb-. The molecule has 1 rings (SSSR count). The van der Waals surface area contributed by atoms with Gasteiger partial charge in [0.1, 0.15) is 5.75 Å². The van der Waals surface area contributed by atoms with E-state index in [1.807, 2.05) is 0 Å². The van der Waals surface area contributed by atoms with Crippen molar-refractivity contribution in [2.24, 2.45) is 0 Å². The number of benzene rings is 1. The minimum absolute atomic E-state index is 0. The maximum atomic E-state index is 10.0. The van der Waals surface area contributed by atoms with Crippen molar-refractivity contribution in [2.45, 2.75) is 0 Å². The van der Waals surface area contributed by atoms with Crippen LogP contribution in [0, 0.1) is 10.1 Å². The van der Waals surface area contributed by atoms with Gasteiger partial charge in [-0.15, -0.1) is 0 Å². The Labute approximate surface area is 92.9 Å². The van der Waals surface area contributed by atoms with Crippen molar-refractivity contribution in [2.75, 3.05) is 0 Å². The summed E-state index contributed by atoms with van der Waals surface area (Å²) in [7, 11) is 0. The van der Waals surface area contributed by atoms with Crippen LogP contribution in [0.15, 0.2) is 24.3 Å². The molecule has 0 aliphatic heterocycles. The van der Waals surface area contributed by atoms with Gasteiger partial charge < -0.3 is 16.1 Å². The third-order valence-electron chi connectivity index (χ3n) is 1.06. The maximum absolute atomic E-state index is 10.0. The molecule has 75 valence electrons. The van der Waals surface area contributed by atoms with E-state index in [4.69, 9.17) is 5.11 Å². The molecule has 0 saturated carbocycles. The van der Waals surface area contributed by atoms with Gasteiger partial charge in [-0.25, -0.2) is 0 Å². The number of non-ortho nitro benzene ring substituents is 1. The molecule has 1 aromatic rings. The van der Waals surface area contributed by atoms with E-state index < -0.39 is 4.92 Å². The van der Waals surface area contributed by atoms with Crippen molar-refractivity contribution in [1.29, 1.82) is 0 Å². The van der Waals surface area contributed by atoms with E-state index in [1.165, 1.54) is 24.3 Å². The molecule has 0 unspecified atom stereocenters. The number of rotatable bonds is 1. The molecule has 13 heavy (non-hydrogen) atoms. The SMILES string of the molecule is O.O=[N+]([O-])c1ccc(O)cc1.[HH].[OH-].[Sb]. The molecule has 7 heteroatoms. The Hall–Kier alpha value is -0.842. The van der Waals surface area contributed by atoms with Gasteiger partial charge in [0.2, 0.25) is 0 Å². The van der Waals surface area contributed by atoms with Crippen molar-refractivity contribution in [3.05, 3.63) is 34.4 Å². The van der Waals surface area contributed by atoms with Crippen molar-refractivity contribution in [3.8, 4) is 5.75 Å². The van der Waals surface area contributed by atoms with E-state index >= 15 is 0 Å². The Morgan fingerprint density at radius 3 is 2.00 bits per heavy atom. The van der Waals surface area contributed by atoms with Gasteiger partial charge >= 0.3 is 0 Å². The van der Waals surface area contributed by atoms with Crippen LogP contribution in [-0.2, 0) is 0 Å². The second-order valence-electron chi connectivity index (χ2n) is 1.77. The molecule has 0 aliphatic carbocycles. The van der Waals surface area contributed by atoms with Gasteiger partial charge in [-0.3, -0.25) is 10.1 Å². The Bertz CT molecular complexity index is 255. The fourth-order valence-corrected chi connectivity index (χ4v) is 0.574. The number of nitro benzene ring substituents is 1. The summed E-state index contributed by atoms with van der Waals surface area (Å²) < 4.78 is 0. The molecule has 6 nitrogen and oxygen atoms in total. The minimum atomic E-state index is -0.514. The number of hydrogen-bond donors (Lipinski definition) is 1. The van der Waals surface area contributed by atoms with Crippen molar-refractivity contribution < 1.29 is 22.4 Å². The van der Waals surface area contributed by atoms with Gasteiger partial charge in [-0.1, -0.05) is 0 Å². The quantitative estimate of drug-likeness (QED) is 0.450. The summed E-state index contributed by atoms with van der Waals surface area (Å²) in [4.78, 5) is 9.52. The summed E-state index contributed by atoms with van der Waals surface area (Å²) in [5, 5.41) is 18.8. The number of nitro groups is 1. The largest absolute Gasteiger partial charge is 0.870 e. The molecule has 0 heterocycles. The van der Waals surface area contributed by atoms with Crippen LogP contribution >= 0.6 is 0 Å². The first kappa shape index (κ1) is 18.0. The first-order valence-electron chi connectivity index (χ1n) is 2.63. The third-order valence-corrected chi connectivity index (χ3v) is 1.06. The summed E-state index contributed by atoms with van der Waals surface area (Å²) in [5.41, 5.74) is -0.0159. The molecule has 0 amide bonds. The molecule has 4 N–H and O–H groups in total. The molecule has 1 aromatic carbocycles. The molecule has 0 bridgehead atoms. The minimum Gasteiger partial charge on any atom is -0.870 e. The molecule has 0 aliphatic rings. The molecule has 0 aromatic heterocycles. The van der Waals surface area contributed by atoms with Gasteiger partial charge in [0.15, 0.2) is 0 Å². The first-order valence-corrected chi connectivity index (χ1v) is 2.63. The number of nitrogens with zero attached hydrogens (tertiary/aromatic N) is 1. The Balaban J connectivity index is -0.000000125. The van der Waals surface area contributed by atoms with Crippen LogP contribution in [0.1, 0.15) is 1.43 Å². The van der Waals surface area contributed by atoms with E-state index in [0.29, 0.717) is 0 Å². The molecule has 0 atom stereocenters. The zero-order valence-corrected chi connectivity index (χ0v) is 8.97. The monoisotopic (exact) mass is 297 g/mol. The molecular weight excluding hydrogens is 288 g/mol. The molecule has 0 spiro atoms. The van der Waals surface area contributed by atoms with Crippen LogP contribution in [-0.4, -0.2) is 45.4 Å². The maximum Gasteiger partial charge on any atom is 0.269 e. The zero-order chi connectivity index (χ0) is 7.56. The van der Waals surface area contributed by atoms with E-state index in [-0.39, 0.29) is 48.2 Å². The summed E-state index contributed by atoms with van der Waals surface area (Å²) in [6.07, 6.45) is 0. The summed E-state index contributed by atoms with van der Waals surface area (Å²) in [5.74, 6) is 0.0330. The van der Waals surface area contributed by atoms with Gasteiger partial charge in [0, 0.05) is 38.0 Å². The second kappa shape index (κ2) is 7.79. The second-order valence-corrected chi connectivity index (χ2v) is 1.77. The Kier molecular flexibility index (Phi) is 10.8. The fourth-order valence-electron chi connectivity index (χ4n) is 0.574. The van der Waals surface area contributed by atoms with Crippen LogP contribution < -0.4 is 0 Å².